The van der Waals surface area contributed by atoms with Crippen LogP contribution < -0.4 is 10.2 Å². The minimum atomic E-state index is -0.503. The zero-order chi connectivity index (χ0) is 20.5. The van der Waals surface area contributed by atoms with Crippen LogP contribution in [0.5, 0.6) is 0 Å². The maximum atomic E-state index is 13.3. The second-order valence-corrected chi connectivity index (χ2v) is 7.82. The lowest BCUT2D eigenvalue weighted by atomic mass is 10.0. The van der Waals surface area contributed by atoms with E-state index in [1.807, 2.05) is 32.0 Å². The minimum Gasteiger partial charge on any atom is -0.327 e. The Balaban J connectivity index is 1.65. The first-order valence-electron chi connectivity index (χ1n) is 10.0. The van der Waals surface area contributed by atoms with Gasteiger partial charge in [-0.1, -0.05) is 24.3 Å². The Kier molecular flexibility index (Phi) is 5.09. The SMILES string of the molecule is Cc1ccc(C)c(NC(=O)CN2C(=O)C3CCCCN3C(=O)c3ccccc32)c1. The van der Waals surface area contributed by atoms with Crippen LogP contribution >= 0.6 is 0 Å². The van der Waals surface area contributed by atoms with Gasteiger partial charge in [0.05, 0.1) is 11.3 Å². The molecule has 1 saturated heterocycles. The molecule has 1 unspecified atom stereocenters. The molecule has 0 aliphatic carbocycles. The highest BCUT2D eigenvalue weighted by atomic mass is 16.2. The highest BCUT2D eigenvalue weighted by Gasteiger charge is 2.40. The Morgan fingerprint density at radius 1 is 1.10 bits per heavy atom. The molecule has 1 atom stereocenters. The van der Waals surface area contributed by atoms with Gasteiger partial charge in [0.1, 0.15) is 12.6 Å². The standard InChI is InChI=1S/C23H25N3O3/c1-15-10-11-16(2)18(13-15)24-21(27)14-26-19-8-4-3-7-17(19)22(28)25-12-6-5-9-20(25)23(26)29/h3-4,7-8,10-11,13,20H,5-6,9,12,14H2,1-2H3,(H,24,27). The summed E-state index contributed by atoms with van der Waals surface area (Å²) in [7, 11) is 0. The molecule has 2 aliphatic heterocycles. The van der Waals surface area contributed by atoms with Crippen LogP contribution in [0.2, 0.25) is 0 Å². The molecule has 0 aromatic heterocycles. The van der Waals surface area contributed by atoms with Crippen molar-refractivity contribution in [2.45, 2.75) is 39.2 Å². The number of anilines is 2. The lowest BCUT2D eigenvalue weighted by Gasteiger charge is -2.34. The smallest absolute Gasteiger partial charge is 0.256 e. The van der Waals surface area contributed by atoms with Gasteiger partial charge in [0.25, 0.3) is 5.91 Å². The van der Waals surface area contributed by atoms with Gasteiger partial charge in [-0.3, -0.25) is 14.4 Å². The Morgan fingerprint density at radius 3 is 2.72 bits per heavy atom. The van der Waals surface area contributed by atoms with Crippen molar-refractivity contribution in [2.24, 2.45) is 0 Å². The van der Waals surface area contributed by atoms with Gasteiger partial charge in [-0.25, -0.2) is 0 Å². The number of benzene rings is 2. The van der Waals surface area contributed by atoms with Crippen LogP contribution in [0, 0.1) is 13.8 Å². The summed E-state index contributed by atoms with van der Waals surface area (Å²) in [5.74, 6) is -0.589. The van der Waals surface area contributed by atoms with E-state index in [4.69, 9.17) is 0 Å². The van der Waals surface area contributed by atoms with Crippen LogP contribution in [0.1, 0.15) is 40.7 Å². The number of fused-ring (bicyclic) bond motifs is 2. The zero-order valence-electron chi connectivity index (χ0n) is 16.8. The molecule has 0 spiro atoms. The van der Waals surface area contributed by atoms with Crippen molar-refractivity contribution in [3.8, 4) is 0 Å². The number of rotatable bonds is 3. The third-order valence-corrected chi connectivity index (χ3v) is 5.71. The average Bonchev–Trinajstić information content (AvgIpc) is 2.81. The summed E-state index contributed by atoms with van der Waals surface area (Å²) in [6.07, 6.45) is 2.43. The summed E-state index contributed by atoms with van der Waals surface area (Å²) in [4.78, 5) is 42.4. The van der Waals surface area contributed by atoms with E-state index in [0.29, 0.717) is 24.2 Å². The fourth-order valence-corrected chi connectivity index (χ4v) is 4.14. The fourth-order valence-electron chi connectivity index (χ4n) is 4.14. The van der Waals surface area contributed by atoms with Gasteiger partial charge in [0.2, 0.25) is 11.8 Å². The highest BCUT2D eigenvalue weighted by Crippen LogP contribution is 2.31. The molecular formula is C23H25N3O3. The molecule has 2 aromatic carbocycles. The topological polar surface area (TPSA) is 69.7 Å². The van der Waals surface area contributed by atoms with Gasteiger partial charge < -0.3 is 15.1 Å². The number of nitrogens with zero attached hydrogens (tertiary/aromatic N) is 2. The Morgan fingerprint density at radius 2 is 1.90 bits per heavy atom. The first-order chi connectivity index (χ1) is 14.0. The Bertz CT molecular complexity index is 985. The molecular weight excluding hydrogens is 366 g/mol. The molecule has 0 radical (unpaired) electrons. The molecule has 0 bridgehead atoms. The van der Waals surface area contributed by atoms with Gasteiger partial charge in [-0.05, 0) is 62.4 Å². The predicted molar refractivity (Wildman–Crippen MR) is 112 cm³/mol. The largest absolute Gasteiger partial charge is 0.327 e. The normalized spacial score (nSPS) is 18.8. The molecule has 29 heavy (non-hydrogen) atoms. The van der Waals surface area contributed by atoms with Crippen molar-refractivity contribution in [3.05, 3.63) is 59.2 Å². The van der Waals surface area contributed by atoms with Crippen molar-refractivity contribution in [2.75, 3.05) is 23.3 Å². The van der Waals surface area contributed by atoms with Crippen molar-refractivity contribution in [3.63, 3.8) is 0 Å². The number of amides is 3. The third-order valence-electron chi connectivity index (χ3n) is 5.71. The van der Waals surface area contributed by atoms with E-state index in [1.54, 1.807) is 29.2 Å². The van der Waals surface area contributed by atoms with Crippen LogP contribution in [0.4, 0.5) is 11.4 Å². The lowest BCUT2D eigenvalue weighted by molar-refractivity contribution is -0.125. The number of hydrogen-bond acceptors (Lipinski definition) is 3. The molecule has 2 aromatic rings. The fraction of sp³-hybridized carbons (Fsp3) is 0.348. The highest BCUT2D eigenvalue weighted by molar-refractivity contribution is 6.13. The van der Waals surface area contributed by atoms with Crippen LogP contribution in [-0.4, -0.2) is 41.8 Å². The maximum Gasteiger partial charge on any atom is 0.256 e. The zero-order valence-corrected chi connectivity index (χ0v) is 16.8. The molecule has 150 valence electrons. The van der Waals surface area contributed by atoms with Gasteiger partial charge in [-0.15, -0.1) is 0 Å². The first kappa shape index (κ1) is 19.2. The molecule has 2 aliphatic rings. The summed E-state index contributed by atoms with van der Waals surface area (Å²) in [6, 6.07) is 12.4. The van der Waals surface area contributed by atoms with Gasteiger partial charge in [0.15, 0.2) is 0 Å². The van der Waals surface area contributed by atoms with E-state index in [2.05, 4.69) is 5.32 Å². The van der Waals surface area contributed by atoms with E-state index in [0.717, 1.165) is 29.7 Å². The molecule has 1 N–H and O–H groups in total. The van der Waals surface area contributed by atoms with E-state index in [9.17, 15) is 14.4 Å². The molecule has 6 heteroatoms. The third kappa shape index (κ3) is 3.62. The number of piperidine rings is 1. The quantitative estimate of drug-likeness (QED) is 0.873. The molecule has 4 rings (SSSR count). The van der Waals surface area contributed by atoms with E-state index in [-0.39, 0.29) is 24.3 Å². The number of hydrogen-bond donors (Lipinski definition) is 1. The van der Waals surface area contributed by atoms with Gasteiger partial charge in [-0.2, -0.15) is 0 Å². The second-order valence-electron chi connectivity index (χ2n) is 7.82. The van der Waals surface area contributed by atoms with E-state index >= 15 is 0 Å². The van der Waals surface area contributed by atoms with Crippen LogP contribution in [0.3, 0.4) is 0 Å². The number of carbonyl (C=O) groups excluding carboxylic acids is 3. The van der Waals surface area contributed by atoms with Crippen LogP contribution in [-0.2, 0) is 9.59 Å². The number of aryl methyl sites for hydroxylation is 2. The Labute approximate surface area is 170 Å². The number of carbonyl (C=O) groups is 3. The lowest BCUT2D eigenvalue weighted by Crippen LogP contribution is -2.52. The molecule has 0 saturated carbocycles. The van der Waals surface area contributed by atoms with Crippen molar-refractivity contribution in [1.29, 1.82) is 0 Å². The van der Waals surface area contributed by atoms with E-state index in [1.165, 1.54) is 4.90 Å². The van der Waals surface area contributed by atoms with Crippen LogP contribution in [0.25, 0.3) is 0 Å². The van der Waals surface area contributed by atoms with E-state index < -0.39 is 6.04 Å². The molecule has 6 nitrogen and oxygen atoms in total. The number of nitrogens with one attached hydrogen (secondary N) is 1. The second kappa shape index (κ2) is 7.70. The monoisotopic (exact) mass is 391 g/mol. The summed E-state index contributed by atoms with van der Waals surface area (Å²) in [6.45, 7) is 4.35. The maximum absolute atomic E-state index is 13.3. The van der Waals surface area contributed by atoms with Gasteiger partial charge in [0, 0.05) is 12.2 Å². The predicted octanol–water partition coefficient (Wildman–Crippen LogP) is 3.28. The summed E-state index contributed by atoms with van der Waals surface area (Å²) in [5.41, 5.74) is 3.73. The molecule has 2 heterocycles. The summed E-state index contributed by atoms with van der Waals surface area (Å²) in [5, 5.41) is 2.92. The van der Waals surface area contributed by atoms with Crippen LogP contribution in [0.15, 0.2) is 42.5 Å². The van der Waals surface area contributed by atoms with Crippen molar-refractivity contribution in [1.82, 2.24) is 4.90 Å². The Hall–Kier alpha value is -3.15. The van der Waals surface area contributed by atoms with Crippen molar-refractivity contribution < 1.29 is 14.4 Å². The minimum absolute atomic E-state index is 0.124. The van der Waals surface area contributed by atoms with Gasteiger partial charge >= 0.3 is 0 Å². The average molecular weight is 391 g/mol. The number of para-hydroxylation sites is 1. The van der Waals surface area contributed by atoms with Crippen molar-refractivity contribution >= 4 is 29.1 Å². The summed E-state index contributed by atoms with van der Waals surface area (Å²) < 4.78 is 0. The molecule has 1 fully saturated rings. The summed E-state index contributed by atoms with van der Waals surface area (Å²) >= 11 is 0. The molecule has 3 amide bonds. The first-order valence-corrected chi connectivity index (χ1v) is 10.0.